The number of aryl methyl sites for hydroxylation is 2. The lowest BCUT2D eigenvalue weighted by atomic mass is 9.84. The topological polar surface area (TPSA) is 62.5 Å². The molecule has 2 fully saturated rings. The lowest BCUT2D eigenvalue weighted by Crippen LogP contribution is -2.46. The van der Waals surface area contributed by atoms with Gasteiger partial charge >= 0.3 is 5.97 Å². The zero-order chi connectivity index (χ0) is 18.3. The molecule has 1 aliphatic carbocycles. The van der Waals surface area contributed by atoms with Gasteiger partial charge in [-0.15, -0.1) is 0 Å². The van der Waals surface area contributed by atoms with Gasteiger partial charge in [0, 0.05) is 36.6 Å². The molecule has 2 heterocycles. The SMILES string of the molecule is Cn1cc(CCC(=O)N2C(C(=O)O)CC3CCCCC32)c2ccccc21. The molecule has 4 rings (SSSR count). The van der Waals surface area contributed by atoms with Crippen molar-refractivity contribution in [2.24, 2.45) is 13.0 Å². The van der Waals surface area contributed by atoms with Gasteiger partial charge in [-0.3, -0.25) is 4.79 Å². The molecule has 0 radical (unpaired) electrons. The van der Waals surface area contributed by atoms with Gasteiger partial charge in [0.15, 0.2) is 0 Å². The maximum atomic E-state index is 13.0. The Balaban J connectivity index is 1.52. The van der Waals surface area contributed by atoms with E-state index in [4.69, 9.17) is 0 Å². The van der Waals surface area contributed by atoms with Gasteiger partial charge < -0.3 is 14.6 Å². The van der Waals surface area contributed by atoms with Crippen molar-refractivity contribution >= 4 is 22.8 Å². The molecule has 1 saturated heterocycles. The molecule has 1 amide bonds. The summed E-state index contributed by atoms with van der Waals surface area (Å²) in [7, 11) is 2.02. The van der Waals surface area contributed by atoms with Crippen molar-refractivity contribution in [2.45, 2.75) is 57.0 Å². The van der Waals surface area contributed by atoms with Crippen LogP contribution in [0.1, 0.15) is 44.1 Å². The van der Waals surface area contributed by atoms with E-state index < -0.39 is 12.0 Å². The number of amides is 1. The summed E-state index contributed by atoms with van der Waals surface area (Å²) in [5, 5.41) is 10.8. The number of carbonyl (C=O) groups excluding carboxylic acids is 1. The van der Waals surface area contributed by atoms with Gasteiger partial charge in [-0.05, 0) is 43.2 Å². The normalized spacial score (nSPS) is 25.4. The van der Waals surface area contributed by atoms with E-state index in [0.29, 0.717) is 25.2 Å². The number of carboxylic acids is 1. The summed E-state index contributed by atoms with van der Waals surface area (Å²) in [6.07, 6.45) is 8.00. The summed E-state index contributed by atoms with van der Waals surface area (Å²) in [5.41, 5.74) is 2.31. The van der Waals surface area contributed by atoms with Gasteiger partial charge in [0.25, 0.3) is 0 Å². The number of carbonyl (C=O) groups is 2. The van der Waals surface area contributed by atoms with E-state index in [1.54, 1.807) is 4.90 Å². The number of fused-ring (bicyclic) bond motifs is 2. The number of para-hydroxylation sites is 1. The van der Waals surface area contributed by atoms with Gasteiger partial charge in [-0.1, -0.05) is 31.0 Å². The van der Waals surface area contributed by atoms with Crippen molar-refractivity contribution in [3.8, 4) is 0 Å². The van der Waals surface area contributed by atoms with Crippen LogP contribution in [0.5, 0.6) is 0 Å². The molecular weight excluding hydrogens is 328 g/mol. The highest BCUT2D eigenvalue weighted by atomic mass is 16.4. The number of rotatable bonds is 4. The van der Waals surface area contributed by atoms with E-state index in [2.05, 4.69) is 22.9 Å². The summed E-state index contributed by atoms with van der Waals surface area (Å²) in [4.78, 5) is 26.4. The van der Waals surface area contributed by atoms with E-state index in [1.165, 1.54) is 5.39 Å². The van der Waals surface area contributed by atoms with Crippen LogP contribution in [-0.4, -0.2) is 38.5 Å². The number of hydrogen-bond donors (Lipinski definition) is 1. The summed E-state index contributed by atoms with van der Waals surface area (Å²) < 4.78 is 2.09. The molecule has 3 unspecified atom stereocenters. The van der Waals surface area contributed by atoms with Crippen LogP contribution in [0.4, 0.5) is 0 Å². The Kier molecular flexibility index (Phi) is 4.47. The molecule has 138 valence electrons. The Morgan fingerprint density at radius 2 is 1.96 bits per heavy atom. The molecule has 5 nitrogen and oxygen atoms in total. The minimum atomic E-state index is -0.849. The summed E-state index contributed by atoms with van der Waals surface area (Å²) in [6, 6.07) is 7.69. The Labute approximate surface area is 153 Å². The Bertz CT molecular complexity index is 841. The summed E-state index contributed by atoms with van der Waals surface area (Å²) >= 11 is 0. The van der Waals surface area contributed by atoms with Crippen molar-refractivity contribution in [3.63, 3.8) is 0 Å². The molecule has 0 spiro atoms. The molecule has 1 aromatic carbocycles. The Hall–Kier alpha value is -2.30. The van der Waals surface area contributed by atoms with Crippen molar-refractivity contribution in [3.05, 3.63) is 36.0 Å². The second-order valence-corrected chi connectivity index (χ2v) is 7.79. The van der Waals surface area contributed by atoms with E-state index in [9.17, 15) is 14.7 Å². The van der Waals surface area contributed by atoms with Gasteiger partial charge in [-0.25, -0.2) is 4.79 Å². The largest absolute Gasteiger partial charge is 0.480 e. The zero-order valence-corrected chi connectivity index (χ0v) is 15.2. The highest BCUT2D eigenvalue weighted by molar-refractivity contribution is 5.87. The maximum Gasteiger partial charge on any atom is 0.326 e. The van der Waals surface area contributed by atoms with Gasteiger partial charge in [0.1, 0.15) is 6.04 Å². The Morgan fingerprint density at radius 1 is 1.19 bits per heavy atom. The second kappa shape index (κ2) is 6.78. The lowest BCUT2D eigenvalue weighted by molar-refractivity contribution is -0.149. The quantitative estimate of drug-likeness (QED) is 0.916. The van der Waals surface area contributed by atoms with Crippen LogP contribution in [0.3, 0.4) is 0 Å². The molecule has 3 atom stereocenters. The van der Waals surface area contributed by atoms with Crippen LogP contribution >= 0.6 is 0 Å². The molecule has 1 aromatic heterocycles. The van der Waals surface area contributed by atoms with Crippen LogP contribution in [-0.2, 0) is 23.1 Å². The van der Waals surface area contributed by atoms with Crippen LogP contribution < -0.4 is 0 Å². The van der Waals surface area contributed by atoms with Crippen LogP contribution in [0.2, 0.25) is 0 Å². The smallest absolute Gasteiger partial charge is 0.326 e. The minimum Gasteiger partial charge on any atom is -0.480 e. The van der Waals surface area contributed by atoms with Gasteiger partial charge in [0.2, 0.25) is 5.91 Å². The van der Waals surface area contributed by atoms with Gasteiger partial charge in [0.05, 0.1) is 0 Å². The fourth-order valence-corrected chi connectivity index (χ4v) is 5.03. The van der Waals surface area contributed by atoms with Crippen molar-refractivity contribution < 1.29 is 14.7 Å². The van der Waals surface area contributed by atoms with E-state index in [0.717, 1.165) is 36.8 Å². The second-order valence-electron chi connectivity index (χ2n) is 7.79. The number of nitrogens with zero attached hydrogens (tertiary/aromatic N) is 2. The summed E-state index contributed by atoms with van der Waals surface area (Å²) in [6.45, 7) is 0. The van der Waals surface area contributed by atoms with Crippen LogP contribution in [0.15, 0.2) is 30.5 Å². The van der Waals surface area contributed by atoms with Crippen LogP contribution in [0.25, 0.3) is 10.9 Å². The molecular formula is C21H26N2O3. The molecule has 1 aliphatic heterocycles. The third kappa shape index (κ3) is 2.89. The Morgan fingerprint density at radius 3 is 2.77 bits per heavy atom. The number of carboxylic acid groups (broad SMARTS) is 1. The minimum absolute atomic E-state index is 0.000246. The molecule has 0 bridgehead atoms. The maximum absolute atomic E-state index is 13.0. The molecule has 26 heavy (non-hydrogen) atoms. The van der Waals surface area contributed by atoms with Crippen molar-refractivity contribution in [1.29, 1.82) is 0 Å². The van der Waals surface area contributed by atoms with E-state index >= 15 is 0 Å². The average Bonchev–Trinajstić information content (AvgIpc) is 3.19. The monoisotopic (exact) mass is 354 g/mol. The lowest BCUT2D eigenvalue weighted by Gasteiger charge is -2.33. The van der Waals surface area contributed by atoms with Crippen molar-refractivity contribution in [2.75, 3.05) is 0 Å². The zero-order valence-electron chi connectivity index (χ0n) is 15.2. The molecule has 2 aliphatic rings. The third-order valence-electron chi connectivity index (χ3n) is 6.25. The first-order chi connectivity index (χ1) is 12.6. The third-order valence-corrected chi connectivity index (χ3v) is 6.25. The predicted molar refractivity (Wildman–Crippen MR) is 99.9 cm³/mol. The summed E-state index contributed by atoms with van der Waals surface area (Å²) in [5.74, 6) is -0.482. The standard InChI is InChI=1S/C21H26N2O3/c1-22-13-15(16-7-3-5-9-18(16)22)10-11-20(24)23-17-8-4-2-6-14(17)12-19(23)21(25)26/h3,5,7,9,13-14,17,19H,2,4,6,8,10-12H2,1H3,(H,25,26). The van der Waals surface area contributed by atoms with E-state index in [-0.39, 0.29) is 11.9 Å². The average molecular weight is 354 g/mol. The van der Waals surface area contributed by atoms with Crippen molar-refractivity contribution in [1.82, 2.24) is 9.47 Å². The fraction of sp³-hybridized carbons (Fsp3) is 0.524. The highest BCUT2D eigenvalue weighted by Gasteiger charge is 2.47. The number of benzene rings is 1. The first-order valence-corrected chi connectivity index (χ1v) is 9.63. The molecule has 1 N–H and O–H groups in total. The first kappa shape index (κ1) is 17.1. The molecule has 1 saturated carbocycles. The highest BCUT2D eigenvalue weighted by Crippen LogP contribution is 2.40. The predicted octanol–water partition coefficient (Wildman–Crippen LogP) is 3.36. The van der Waals surface area contributed by atoms with E-state index in [1.807, 2.05) is 19.2 Å². The molecule has 2 aromatic rings. The molecule has 5 heteroatoms. The fourth-order valence-electron chi connectivity index (χ4n) is 5.03. The van der Waals surface area contributed by atoms with Gasteiger partial charge in [-0.2, -0.15) is 0 Å². The first-order valence-electron chi connectivity index (χ1n) is 9.63. The number of aromatic nitrogens is 1. The number of hydrogen-bond acceptors (Lipinski definition) is 2. The number of likely N-dealkylation sites (tertiary alicyclic amines) is 1. The number of aliphatic carboxylic acids is 1. The van der Waals surface area contributed by atoms with Crippen LogP contribution in [0, 0.1) is 5.92 Å².